The summed E-state index contributed by atoms with van der Waals surface area (Å²) in [5.74, 6) is -1.04. The highest BCUT2D eigenvalue weighted by molar-refractivity contribution is 7.99. The number of carboxylic acids is 1. The monoisotopic (exact) mass is 301 g/mol. The standard InChI is InChI=1S/C13H11N5O2S/c1-7-3-4-14-13(17-7)21-10-8-6-16-18(2)11(8)15-5-9(10)12(19)20/h3-6H,1-2H3,(H,19,20). The zero-order chi connectivity index (χ0) is 15.0. The molecule has 0 fully saturated rings. The summed E-state index contributed by atoms with van der Waals surface area (Å²) in [6, 6.07) is 1.79. The SMILES string of the molecule is Cc1ccnc(Sc2c(C(=O)O)cnc3c2cnn3C)n1. The number of pyridine rings is 1. The van der Waals surface area contributed by atoms with Crippen molar-refractivity contribution in [3.05, 3.63) is 35.9 Å². The van der Waals surface area contributed by atoms with Crippen molar-refractivity contribution in [3.8, 4) is 0 Å². The third-order valence-corrected chi connectivity index (χ3v) is 3.93. The van der Waals surface area contributed by atoms with Gasteiger partial charge in [-0.05, 0) is 24.8 Å². The maximum atomic E-state index is 11.4. The van der Waals surface area contributed by atoms with Gasteiger partial charge >= 0.3 is 5.97 Å². The molecule has 3 aromatic heterocycles. The molecule has 0 amide bonds. The van der Waals surface area contributed by atoms with Crippen LogP contribution < -0.4 is 0 Å². The van der Waals surface area contributed by atoms with E-state index in [1.165, 1.54) is 18.0 Å². The van der Waals surface area contributed by atoms with E-state index in [4.69, 9.17) is 0 Å². The van der Waals surface area contributed by atoms with Crippen molar-refractivity contribution in [1.29, 1.82) is 0 Å². The summed E-state index contributed by atoms with van der Waals surface area (Å²) in [4.78, 5) is 24.6. The fourth-order valence-electron chi connectivity index (χ4n) is 1.90. The maximum absolute atomic E-state index is 11.4. The second-order valence-electron chi connectivity index (χ2n) is 4.39. The second kappa shape index (κ2) is 5.13. The van der Waals surface area contributed by atoms with Gasteiger partial charge in [-0.3, -0.25) is 4.68 Å². The van der Waals surface area contributed by atoms with E-state index >= 15 is 0 Å². The van der Waals surface area contributed by atoms with Crippen LogP contribution in [-0.4, -0.2) is 35.8 Å². The molecule has 0 aromatic carbocycles. The summed E-state index contributed by atoms with van der Waals surface area (Å²) in [6.07, 6.45) is 4.59. The van der Waals surface area contributed by atoms with E-state index in [1.807, 2.05) is 6.92 Å². The fraction of sp³-hybridized carbons (Fsp3) is 0.154. The average Bonchev–Trinajstić information content (AvgIpc) is 2.81. The molecule has 0 saturated heterocycles. The fourth-order valence-corrected chi connectivity index (χ4v) is 2.89. The Morgan fingerprint density at radius 1 is 1.33 bits per heavy atom. The van der Waals surface area contributed by atoms with Crippen molar-refractivity contribution in [2.75, 3.05) is 0 Å². The Bertz CT molecular complexity index is 846. The number of hydrogen-bond donors (Lipinski definition) is 1. The Balaban J connectivity index is 2.18. The number of aryl methyl sites for hydroxylation is 2. The molecule has 106 valence electrons. The highest BCUT2D eigenvalue weighted by Gasteiger charge is 2.18. The van der Waals surface area contributed by atoms with Gasteiger partial charge < -0.3 is 5.11 Å². The first-order valence-corrected chi connectivity index (χ1v) is 6.89. The zero-order valence-corrected chi connectivity index (χ0v) is 12.1. The number of carboxylic acid groups (broad SMARTS) is 1. The quantitative estimate of drug-likeness (QED) is 0.738. The first kappa shape index (κ1) is 13.5. The van der Waals surface area contributed by atoms with Crippen LogP contribution in [0.4, 0.5) is 0 Å². The van der Waals surface area contributed by atoms with Gasteiger partial charge in [0.1, 0.15) is 0 Å². The molecule has 3 rings (SSSR count). The summed E-state index contributed by atoms with van der Waals surface area (Å²) < 4.78 is 1.60. The van der Waals surface area contributed by atoms with Gasteiger partial charge in [-0.15, -0.1) is 0 Å². The Hall–Kier alpha value is -2.48. The first-order chi connectivity index (χ1) is 10.1. The lowest BCUT2D eigenvalue weighted by atomic mass is 10.2. The third-order valence-electron chi connectivity index (χ3n) is 2.91. The molecular formula is C13H11N5O2S. The van der Waals surface area contributed by atoms with Crippen molar-refractivity contribution in [2.45, 2.75) is 17.0 Å². The Kier molecular flexibility index (Phi) is 3.30. The van der Waals surface area contributed by atoms with Crippen LogP contribution in [0.3, 0.4) is 0 Å². The van der Waals surface area contributed by atoms with E-state index in [-0.39, 0.29) is 5.56 Å². The molecule has 0 aliphatic carbocycles. The van der Waals surface area contributed by atoms with Crippen LogP contribution in [0.2, 0.25) is 0 Å². The van der Waals surface area contributed by atoms with E-state index in [0.29, 0.717) is 21.1 Å². The highest BCUT2D eigenvalue weighted by Crippen LogP contribution is 2.33. The molecule has 3 heterocycles. The molecule has 0 bridgehead atoms. The number of fused-ring (bicyclic) bond motifs is 1. The van der Waals surface area contributed by atoms with Gasteiger partial charge in [-0.2, -0.15) is 5.10 Å². The average molecular weight is 301 g/mol. The lowest BCUT2D eigenvalue weighted by Gasteiger charge is -2.06. The minimum atomic E-state index is -1.04. The predicted molar refractivity (Wildman–Crippen MR) is 76.4 cm³/mol. The number of hydrogen-bond acceptors (Lipinski definition) is 6. The third kappa shape index (κ3) is 2.45. The van der Waals surface area contributed by atoms with Crippen LogP contribution in [0.5, 0.6) is 0 Å². The minimum Gasteiger partial charge on any atom is -0.478 e. The summed E-state index contributed by atoms with van der Waals surface area (Å²) in [7, 11) is 1.76. The van der Waals surface area contributed by atoms with Gasteiger partial charge in [0.25, 0.3) is 0 Å². The Morgan fingerprint density at radius 2 is 2.14 bits per heavy atom. The molecule has 1 N–H and O–H groups in total. The number of rotatable bonds is 3. The molecule has 0 saturated carbocycles. The van der Waals surface area contributed by atoms with Crippen molar-refractivity contribution in [1.82, 2.24) is 24.7 Å². The van der Waals surface area contributed by atoms with Gasteiger partial charge in [0.15, 0.2) is 10.8 Å². The lowest BCUT2D eigenvalue weighted by Crippen LogP contribution is -2.02. The molecule has 0 atom stereocenters. The van der Waals surface area contributed by atoms with Gasteiger partial charge in [0.2, 0.25) is 0 Å². The molecule has 7 nitrogen and oxygen atoms in total. The van der Waals surface area contributed by atoms with Crippen LogP contribution in [0.15, 0.2) is 34.7 Å². The summed E-state index contributed by atoms with van der Waals surface area (Å²) >= 11 is 1.20. The lowest BCUT2D eigenvalue weighted by molar-refractivity contribution is 0.0693. The summed E-state index contributed by atoms with van der Waals surface area (Å²) in [5.41, 5.74) is 1.56. The van der Waals surface area contributed by atoms with E-state index in [2.05, 4.69) is 20.1 Å². The molecule has 0 spiro atoms. The number of aromatic nitrogens is 5. The Labute approximate surface area is 124 Å². The molecule has 3 aromatic rings. The first-order valence-electron chi connectivity index (χ1n) is 6.08. The van der Waals surface area contributed by atoms with Gasteiger partial charge in [-0.25, -0.2) is 19.7 Å². The van der Waals surface area contributed by atoms with Crippen LogP contribution >= 0.6 is 11.8 Å². The molecule has 8 heteroatoms. The molecule has 0 unspecified atom stereocenters. The molecule has 0 aliphatic rings. The number of nitrogens with zero attached hydrogens (tertiary/aromatic N) is 5. The van der Waals surface area contributed by atoms with E-state index < -0.39 is 5.97 Å². The summed E-state index contributed by atoms with van der Waals surface area (Å²) in [6.45, 7) is 1.86. The van der Waals surface area contributed by atoms with Gasteiger partial charge in [0.05, 0.1) is 17.1 Å². The second-order valence-corrected chi connectivity index (χ2v) is 5.37. The molecule has 0 radical (unpaired) electrons. The Morgan fingerprint density at radius 3 is 2.86 bits per heavy atom. The van der Waals surface area contributed by atoms with Crippen LogP contribution in [0.25, 0.3) is 11.0 Å². The molecule has 21 heavy (non-hydrogen) atoms. The van der Waals surface area contributed by atoms with Crippen molar-refractivity contribution >= 4 is 28.8 Å². The zero-order valence-electron chi connectivity index (χ0n) is 11.3. The molecule has 0 aliphatic heterocycles. The largest absolute Gasteiger partial charge is 0.478 e. The van der Waals surface area contributed by atoms with Gasteiger partial charge in [0, 0.05) is 30.0 Å². The van der Waals surface area contributed by atoms with E-state index in [0.717, 1.165) is 5.69 Å². The predicted octanol–water partition coefficient (Wildman–Crippen LogP) is 1.92. The smallest absolute Gasteiger partial charge is 0.338 e. The van der Waals surface area contributed by atoms with Crippen molar-refractivity contribution in [3.63, 3.8) is 0 Å². The normalized spacial score (nSPS) is 11.0. The minimum absolute atomic E-state index is 0.116. The molecular weight excluding hydrogens is 290 g/mol. The van der Waals surface area contributed by atoms with Crippen LogP contribution in [-0.2, 0) is 7.05 Å². The van der Waals surface area contributed by atoms with Gasteiger partial charge in [-0.1, -0.05) is 0 Å². The highest BCUT2D eigenvalue weighted by atomic mass is 32.2. The van der Waals surface area contributed by atoms with Crippen molar-refractivity contribution in [2.24, 2.45) is 7.05 Å². The summed E-state index contributed by atoms with van der Waals surface area (Å²) in [5, 5.41) is 14.6. The number of carbonyl (C=O) groups is 1. The van der Waals surface area contributed by atoms with Crippen LogP contribution in [0, 0.1) is 6.92 Å². The van der Waals surface area contributed by atoms with E-state index in [1.54, 1.807) is 30.2 Å². The van der Waals surface area contributed by atoms with Crippen molar-refractivity contribution < 1.29 is 9.90 Å². The maximum Gasteiger partial charge on any atom is 0.338 e. The van der Waals surface area contributed by atoms with Crippen LogP contribution in [0.1, 0.15) is 16.1 Å². The number of aromatic carboxylic acids is 1. The topological polar surface area (TPSA) is 93.8 Å². The van der Waals surface area contributed by atoms with E-state index in [9.17, 15) is 9.90 Å².